The zero-order valence-corrected chi connectivity index (χ0v) is 16.0. The van der Waals surface area contributed by atoms with Crippen molar-refractivity contribution in [2.24, 2.45) is 5.41 Å². The summed E-state index contributed by atoms with van der Waals surface area (Å²) < 4.78 is 45.3. The number of hydrogen-bond acceptors (Lipinski definition) is 4. The van der Waals surface area contributed by atoms with Gasteiger partial charge in [-0.2, -0.15) is 18.4 Å². The van der Waals surface area contributed by atoms with Crippen LogP contribution in [-0.4, -0.2) is 23.5 Å². The summed E-state index contributed by atoms with van der Waals surface area (Å²) in [5, 5.41) is 8.91. The van der Waals surface area contributed by atoms with E-state index in [9.17, 15) is 18.0 Å². The molecule has 0 radical (unpaired) electrons. The number of alkyl halides is 3. The van der Waals surface area contributed by atoms with Crippen molar-refractivity contribution in [1.82, 2.24) is 4.90 Å². The third kappa shape index (κ3) is 4.29. The average molecular weight is 403 g/mol. The first-order valence-electron chi connectivity index (χ1n) is 8.92. The first-order valence-corrected chi connectivity index (χ1v) is 8.92. The van der Waals surface area contributed by atoms with E-state index in [0.29, 0.717) is 18.8 Å². The minimum Gasteiger partial charge on any atom is -0.480 e. The topological polar surface area (TPSA) is 79.3 Å². The molecule has 1 aliphatic heterocycles. The van der Waals surface area contributed by atoms with Crippen LogP contribution in [0.15, 0.2) is 42.5 Å². The maximum absolute atomic E-state index is 13.2. The Hall–Kier alpha value is -3.21. The molecule has 1 heterocycles. The molecule has 0 bridgehead atoms. The van der Waals surface area contributed by atoms with Gasteiger partial charge in [-0.15, -0.1) is 0 Å². The molecule has 1 atom stereocenters. The highest BCUT2D eigenvalue weighted by Crippen LogP contribution is 2.38. The largest absolute Gasteiger partial charge is 0.480 e. The molecular weight excluding hydrogens is 383 g/mol. The molecule has 29 heavy (non-hydrogen) atoms. The summed E-state index contributed by atoms with van der Waals surface area (Å²) in [4.78, 5) is 14.5. The van der Waals surface area contributed by atoms with Gasteiger partial charge in [0.25, 0.3) is 5.91 Å². The molecule has 0 saturated carbocycles. The van der Waals surface area contributed by atoms with Gasteiger partial charge in [-0.3, -0.25) is 4.79 Å². The number of anilines is 1. The molecule has 1 saturated heterocycles. The van der Waals surface area contributed by atoms with E-state index in [-0.39, 0.29) is 11.7 Å². The highest BCUT2D eigenvalue weighted by molar-refractivity contribution is 5.84. The van der Waals surface area contributed by atoms with Crippen LogP contribution in [0.2, 0.25) is 0 Å². The number of rotatable bonds is 4. The fraction of sp³-hybridized carbons (Fsp3) is 0.333. The number of nitriles is 1. The SMILES string of the molecule is CC1(C)CN(Cc2ccc(N)cc2)C(=O)C1Oc1ccc(C#N)c(C(F)(F)F)c1. The third-order valence-electron chi connectivity index (χ3n) is 4.87. The van der Waals surface area contributed by atoms with Gasteiger partial charge < -0.3 is 15.4 Å². The van der Waals surface area contributed by atoms with Gasteiger partial charge >= 0.3 is 6.18 Å². The molecule has 1 amide bonds. The summed E-state index contributed by atoms with van der Waals surface area (Å²) in [6.07, 6.45) is -5.63. The Morgan fingerprint density at radius 3 is 2.48 bits per heavy atom. The average Bonchev–Trinajstić information content (AvgIpc) is 2.85. The van der Waals surface area contributed by atoms with E-state index in [2.05, 4.69) is 0 Å². The van der Waals surface area contributed by atoms with E-state index in [4.69, 9.17) is 15.7 Å². The summed E-state index contributed by atoms with van der Waals surface area (Å²) in [5.74, 6) is -0.401. The molecule has 1 fully saturated rings. The molecule has 2 N–H and O–H groups in total. The standard InChI is InChI=1S/C21H20F3N3O2/c1-20(2)12-27(11-13-3-6-15(26)7-4-13)19(28)18(20)29-16-8-5-14(10-25)17(9-16)21(22,23)24/h3-9,18H,11-12,26H2,1-2H3. The van der Waals surface area contributed by atoms with Crippen LogP contribution >= 0.6 is 0 Å². The van der Waals surface area contributed by atoms with Gasteiger partial charge in [0.2, 0.25) is 0 Å². The predicted molar refractivity (Wildman–Crippen MR) is 101 cm³/mol. The van der Waals surface area contributed by atoms with Gasteiger partial charge in [0.05, 0.1) is 17.2 Å². The zero-order chi connectivity index (χ0) is 21.4. The van der Waals surface area contributed by atoms with Crippen molar-refractivity contribution in [3.8, 4) is 11.8 Å². The Morgan fingerprint density at radius 1 is 1.24 bits per heavy atom. The lowest BCUT2D eigenvalue weighted by Crippen LogP contribution is -2.36. The summed E-state index contributed by atoms with van der Waals surface area (Å²) in [6, 6.07) is 11.7. The van der Waals surface area contributed by atoms with Gasteiger partial charge in [-0.1, -0.05) is 26.0 Å². The summed E-state index contributed by atoms with van der Waals surface area (Å²) in [6.45, 7) is 4.40. The highest BCUT2D eigenvalue weighted by atomic mass is 19.4. The van der Waals surface area contributed by atoms with Crippen LogP contribution in [0.4, 0.5) is 18.9 Å². The molecule has 0 spiro atoms. The van der Waals surface area contributed by atoms with Crippen LogP contribution in [-0.2, 0) is 17.5 Å². The number of amides is 1. The van der Waals surface area contributed by atoms with Crippen LogP contribution in [0, 0.1) is 16.7 Å². The number of benzene rings is 2. The fourth-order valence-electron chi connectivity index (χ4n) is 3.40. The second-order valence-corrected chi connectivity index (χ2v) is 7.74. The van der Waals surface area contributed by atoms with E-state index in [1.807, 2.05) is 26.0 Å². The first kappa shape index (κ1) is 20.5. The number of halogens is 3. The normalized spacial score (nSPS) is 18.6. The van der Waals surface area contributed by atoms with Crippen LogP contribution in [0.25, 0.3) is 0 Å². The second-order valence-electron chi connectivity index (χ2n) is 7.74. The molecule has 5 nitrogen and oxygen atoms in total. The lowest BCUT2D eigenvalue weighted by atomic mass is 9.89. The number of carbonyl (C=O) groups is 1. The van der Waals surface area contributed by atoms with Gasteiger partial charge in [-0.25, -0.2) is 0 Å². The number of nitrogens with zero attached hydrogens (tertiary/aromatic N) is 2. The van der Waals surface area contributed by atoms with Crippen molar-refractivity contribution >= 4 is 11.6 Å². The Balaban J connectivity index is 1.82. The van der Waals surface area contributed by atoms with Crippen LogP contribution in [0.5, 0.6) is 5.75 Å². The van der Waals surface area contributed by atoms with E-state index in [1.165, 1.54) is 12.1 Å². The van der Waals surface area contributed by atoms with E-state index in [1.54, 1.807) is 17.0 Å². The lowest BCUT2D eigenvalue weighted by Gasteiger charge is -2.24. The zero-order valence-electron chi connectivity index (χ0n) is 16.0. The first-order chi connectivity index (χ1) is 13.5. The minimum absolute atomic E-state index is 0.0999. The molecule has 2 aromatic carbocycles. The van der Waals surface area contributed by atoms with Crippen LogP contribution in [0.3, 0.4) is 0 Å². The van der Waals surface area contributed by atoms with Gasteiger partial charge in [-0.05, 0) is 35.9 Å². The maximum atomic E-state index is 13.2. The smallest absolute Gasteiger partial charge is 0.417 e. The number of ether oxygens (including phenoxy) is 1. The monoisotopic (exact) mass is 403 g/mol. The van der Waals surface area contributed by atoms with Crippen molar-refractivity contribution in [2.45, 2.75) is 32.7 Å². The van der Waals surface area contributed by atoms with Crippen molar-refractivity contribution in [3.05, 3.63) is 59.2 Å². The van der Waals surface area contributed by atoms with E-state index >= 15 is 0 Å². The Labute approximate surface area is 166 Å². The van der Waals surface area contributed by atoms with Gasteiger partial charge in [0.1, 0.15) is 5.75 Å². The molecule has 0 aromatic heterocycles. The molecule has 1 unspecified atom stereocenters. The highest BCUT2D eigenvalue weighted by Gasteiger charge is 2.48. The second kappa shape index (κ2) is 7.32. The minimum atomic E-state index is -4.69. The molecule has 3 rings (SSSR count). The number of nitrogens with two attached hydrogens (primary N) is 1. The number of hydrogen-bond donors (Lipinski definition) is 1. The molecule has 0 aliphatic carbocycles. The van der Waals surface area contributed by atoms with Gasteiger partial charge in [0.15, 0.2) is 6.10 Å². The van der Waals surface area contributed by atoms with Crippen LogP contribution < -0.4 is 10.5 Å². The van der Waals surface area contributed by atoms with Crippen molar-refractivity contribution in [3.63, 3.8) is 0 Å². The maximum Gasteiger partial charge on any atom is 0.417 e. The summed E-state index contributed by atoms with van der Waals surface area (Å²) in [5.41, 5.74) is 4.99. The quantitative estimate of drug-likeness (QED) is 0.784. The Kier molecular flexibility index (Phi) is 5.18. The predicted octanol–water partition coefficient (Wildman–Crippen LogP) is 3.98. The molecule has 152 valence electrons. The van der Waals surface area contributed by atoms with Crippen molar-refractivity contribution in [1.29, 1.82) is 5.26 Å². The number of nitrogen functional groups attached to an aromatic ring is 1. The number of likely N-dealkylation sites (tertiary alicyclic amines) is 1. The summed E-state index contributed by atoms with van der Waals surface area (Å²) in [7, 11) is 0. The van der Waals surface area contributed by atoms with Crippen LogP contribution in [0.1, 0.15) is 30.5 Å². The molecule has 2 aromatic rings. The molecule has 1 aliphatic rings. The Bertz CT molecular complexity index is 963. The lowest BCUT2D eigenvalue weighted by molar-refractivity contribution is -0.138. The third-order valence-corrected chi connectivity index (χ3v) is 4.87. The van der Waals surface area contributed by atoms with Crippen molar-refractivity contribution < 1.29 is 22.7 Å². The fourth-order valence-corrected chi connectivity index (χ4v) is 3.40. The summed E-state index contributed by atoms with van der Waals surface area (Å²) >= 11 is 0. The number of carbonyl (C=O) groups excluding carboxylic acids is 1. The van der Waals surface area contributed by atoms with E-state index in [0.717, 1.165) is 17.7 Å². The van der Waals surface area contributed by atoms with Crippen molar-refractivity contribution in [2.75, 3.05) is 12.3 Å². The molecular formula is C21H20F3N3O2. The Morgan fingerprint density at radius 2 is 1.90 bits per heavy atom. The van der Waals surface area contributed by atoms with Gasteiger partial charge in [0, 0.05) is 24.2 Å². The molecule has 8 heteroatoms. The van der Waals surface area contributed by atoms with E-state index < -0.39 is 28.8 Å².